The van der Waals surface area contributed by atoms with Crippen LogP contribution in [0.3, 0.4) is 0 Å². The van der Waals surface area contributed by atoms with Gasteiger partial charge in [0, 0.05) is 27.4 Å². The second kappa shape index (κ2) is 6.34. The molecule has 0 radical (unpaired) electrons. The van der Waals surface area contributed by atoms with E-state index in [-0.39, 0.29) is 0 Å². The van der Waals surface area contributed by atoms with Gasteiger partial charge in [0.15, 0.2) is 0 Å². The smallest absolute Gasteiger partial charge is 0.422 e. The van der Waals surface area contributed by atoms with E-state index in [9.17, 15) is 0 Å². The van der Waals surface area contributed by atoms with E-state index in [2.05, 4.69) is 24.6 Å². The van der Waals surface area contributed by atoms with Crippen LogP contribution in [0.2, 0.25) is 25.7 Å². The standard InChI is InChI=1S/C10H21BN2O3Si/c1-17(2,3)7-6-16-5-4-13-9-12-8-10(13)11(14)15/h8-9,14-15H,4-7H2,1-3H3. The Balaban J connectivity index is 2.25. The Morgan fingerprint density at radius 2 is 2.06 bits per heavy atom. The summed E-state index contributed by atoms with van der Waals surface area (Å²) in [5, 5.41) is 18.1. The zero-order valence-electron chi connectivity index (χ0n) is 10.8. The Morgan fingerprint density at radius 3 is 2.65 bits per heavy atom. The molecule has 1 aromatic rings. The summed E-state index contributed by atoms with van der Waals surface area (Å²) in [5.41, 5.74) is 0.402. The van der Waals surface area contributed by atoms with Crippen molar-refractivity contribution in [2.24, 2.45) is 0 Å². The zero-order chi connectivity index (χ0) is 12.9. The molecule has 0 aromatic carbocycles. The van der Waals surface area contributed by atoms with Gasteiger partial charge >= 0.3 is 7.12 Å². The fourth-order valence-corrected chi connectivity index (χ4v) is 2.13. The summed E-state index contributed by atoms with van der Waals surface area (Å²) in [4.78, 5) is 3.88. The maximum atomic E-state index is 9.06. The third-order valence-corrected chi connectivity index (χ3v) is 4.19. The van der Waals surface area contributed by atoms with Gasteiger partial charge in [0.05, 0.1) is 18.5 Å². The summed E-state index contributed by atoms with van der Waals surface area (Å²) in [7, 11) is -2.50. The SMILES string of the molecule is C[Si](C)(C)CCOCCn1cncc1B(O)O. The normalized spacial score (nSPS) is 11.8. The monoisotopic (exact) mass is 256 g/mol. The van der Waals surface area contributed by atoms with E-state index in [0.29, 0.717) is 18.7 Å². The van der Waals surface area contributed by atoms with Crippen LogP contribution in [0.25, 0.3) is 0 Å². The molecule has 0 saturated heterocycles. The maximum absolute atomic E-state index is 9.06. The van der Waals surface area contributed by atoms with Crippen molar-refractivity contribution in [1.29, 1.82) is 0 Å². The Labute approximate surface area is 104 Å². The summed E-state index contributed by atoms with van der Waals surface area (Å²) in [6.45, 7) is 8.88. The summed E-state index contributed by atoms with van der Waals surface area (Å²) in [5.74, 6) is 0. The lowest BCUT2D eigenvalue weighted by Gasteiger charge is -2.15. The molecule has 5 nitrogen and oxygen atoms in total. The molecule has 0 amide bonds. The molecule has 17 heavy (non-hydrogen) atoms. The van der Waals surface area contributed by atoms with Crippen LogP contribution in [0.1, 0.15) is 0 Å². The highest BCUT2D eigenvalue weighted by molar-refractivity contribution is 6.76. The molecule has 0 spiro atoms. The van der Waals surface area contributed by atoms with Gasteiger partial charge in [0.1, 0.15) is 0 Å². The van der Waals surface area contributed by atoms with E-state index >= 15 is 0 Å². The molecule has 1 heterocycles. The number of hydrogen-bond donors (Lipinski definition) is 2. The van der Waals surface area contributed by atoms with Crippen molar-refractivity contribution in [2.75, 3.05) is 13.2 Å². The molecule has 0 saturated carbocycles. The summed E-state index contributed by atoms with van der Waals surface area (Å²) in [6, 6.07) is 1.15. The average Bonchev–Trinajstić information content (AvgIpc) is 2.63. The van der Waals surface area contributed by atoms with Gasteiger partial charge in [-0.1, -0.05) is 19.6 Å². The van der Waals surface area contributed by atoms with Crippen molar-refractivity contribution in [2.45, 2.75) is 32.2 Å². The van der Waals surface area contributed by atoms with Gasteiger partial charge in [-0.05, 0) is 6.04 Å². The molecule has 0 atom stereocenters. The van der Waals surface area contributed by atoms with E-state index in [1.165, 1.54) is 6.20 Å². The van der Waals surface area contributed by atoms with Gasteiger partial charge in [-0.3, -0.25) is 0 Å². The van der Waals surface area contributed by atoms with Crippen molar-refractivity contribution in [3.8, 4) is 0 Å². The number of ether oxygens (including phenoxy) is 1. The second-order valence-electron chi connectivity index (χ2n) is 5.31. The highest BCUT2D eigenvalue weighted by atomic mass is 28.3. The van der Waals surface area contributed by atoms with Crippen LogP contribution >= 0.6 is 0 Å². The Morgan fingerprint density at radius 1 is 1.35 bits per heavy atom. The third-order valence-electron chi connectivity index (χ3n) is 2.48. The molecule has 0 unspecified atom stereocenters. The van der Waals surface area contributed by atoms with Gasteiger partial charge in [-0.2, -0.15) is 0 Å². The van der Waals surface area contributed by atoms with Gasteiger partial charge in [-0.15, -0.1) is 0 Å². The van der Waals surface area contributed by atoms with Crippen LogP contribution in [-0.2, 0) is 11.3 Å². The van der Waals surface area contributed by atoms with E-state index in [0.717, 1.165) is 12.7 Å². The van der Waals surface area contributed by atoms with E-state index < -0.39 is 15.2 Å². The van der Waals surface area contributed by atoms with Gasteiger partial charge in [-0.25, -0.2) is 4.98 Å². The van der Waals surface area contributed by atoms with Crippen molar-refractivity contribution < 1.29 is 14.8 Å². The molecule has 0 aliphatic carbocycles. The molecule has 96 valence electrons. The van der Waals surface area contributed by atoms with E-state index in [1.807, 2.05) is 0 Å². The largest absolute Gasteiger partial charge is 0.507 e. The highest BCUT2D eigenvalue weighted by Crippen LogP contribution is 2.07. The number of rotatable bonds is 7. The molecule has 1 rings (SSSR count). The first-order chi connectivity index (χ1) is 7.90. The minimum absolute atomic E-state index is 0.402. The zero-order valence-corrected chi connectivity index (χ0v) is 11.8. The van der Waals surface area contributed by atoms with Gasteiger partial charge < -0.3 is 19.4 Å². The minimum Gasteiger partial charge on any atom is -0.422 e. The first-order valence-corrected chi connectivity index (χ1v) is 9.55. The van der Waals surface area contributed by atoms with Crippen molar-refractivity contribution in [3.63, 3.8) is 0 Å². The summed E-state index contributed by atoms with van der Waals surface area (Å²) in [6.07, 6.45) is 3.03. The quantitative estimate of drug-likeness (QED) is 0.529. The Hall–Kier alpha value is -0.628. The summed E-state index contributed by atoms with van der Waals surface area (Å²) < 4.78 is 7.23. The topological polar surface area (TPSA) is 67.5 Å². The van der Waals surface area contributed by atoms with Crippen molar-refractivity contribution in [1.82, 2.24) is 9.55 Å². The predicted molar refractivity (Wildman–Crippen MR) is 71.0 cm³/mol. The van der Waals surface area contributed by atoms with Crippen LogP contribution in [0.5, 0.6) is 0 Å². The number of aromatic nitrogens is 2. The molecular formula is C10H21BN2O3Si. The summed E-state index contributed by atoms with van der Waals surface area (Å²) >= 11 is 0. The third kappa shape index (κ3) is 5.49. The Kier molecular flexibility index (Phi) is 5.39. The van der Waals surface area contributed by atoms with E-state index in [4.69, 9.17) is 14.8 Å². The molecule has 0 aliphatic heterocycles. The fraction of sp³-hybridized carbons (Fsp3) is 0.700. The molecule has 0 bridgehead atoms. The Bertz CT molecular complexity index is 339. The van der Waals surface area contributed by atoms with Crippen LogP contribution in [0.4, 0.5) is 0 Å². The van der Waals surface area contributed by atoms with Crippen LogP contribution in [0.15, 0.2) is 12.5 Å². The molecule has 7 heteroatoms. The van der Waals surface area contributed by atoms with Crippen molar-refractivity contribution in [3.05, 3.63) is 12.5 Å². The lowest BCUT2D eigenvalue weighted by molar-refractivity contribution is 0.138. The number of hydrogen-bond acceptors (Lipinski definition) is 4. The van der Waals surface area contributed by atoms with Crippen molar-refractivity contribution >= 4 is 20.8 Å². The average molecular weight is 256 g/mol. The molecule has 0 fully saturated rings. The molecular weight excluding hydrogens is 235 g/mol. The lowest BCUT2D eigenvalue weighted by atomic mass is 9.87. The number of imidazole rings is 1. The number of nitrogens with zero attached hydrogens (tertiary/aromatic N) is 2. The van der Waals surface area contributed by atoms with Gasteiger partial charge in [0.25, 0.3) is 0 Å². The van der Waals surface area contributed by atoms with Crippen LogP contribution in [-0.4, -0.2) is 48.0 Å². The lowest BCUT2D eigenvalue weighted by Crippen LogP contribution is -2.36. The second-order valence-corrected chi connectivity index (χ2v) is 10.9. The fourth-order valence-electron chi connectivity index (χ4n) is 1.38. The molecule has 0 aliphatic rings. The highest BCUT2D eigenvalue weighted by Gasteiger charge is 2.16. The minimum atomic E-state index is -1.47. The molecule has 2 N–H and O–H groups in total. The maximum Gasteiger partial charge on any atom is 0.507 e. The van der Waals surface area contributed by atoms with Crippen LogP contribution in [0, 0.1) is 0 Å². The van der Waals surface area contributed by atoms with Gasteiger partial charge in [0.2, 0.25) is 0 Å². The molecule has 1 aromatic heterocycles. The van der Waals surface area contributed by atoms with Crippen LogP contribution < -0.4 is 5.59 Å². The van der Waals surface area contributed by atoms with E-state index in [1.54, 1.807) is 10.9 Å². The first kappa shape index (κ1) is 14.4. The predicted octanol–water partition coefficient (Wildman–Crippen LogP) is -0.0823. The first-order valence-electron chi connectivity index (χ1n) is 5.84.